The number of rotatable bonds is 8. The zero-order valence-electron chi connectivity index (χ0n) is 32.9. The summed E-state index contributed by atoms with van der Waals surface area (Å²) in [6.07, 6.45) is 12.3. The van der Waals surface area contributed by atoms with Crippen LogP contribution in [0.4, 0.5) is 39.8 Å². The van der Waals surface area contributed by atoms with Crippen molar-refractivity contribution in [2.24, 2.45) is 0 Å². The van der Waals surface area contributed by atoms with Gasteiger partial charge in [0.25, 0.3) is 0 Å². The molecule has 0 saturated heterocycles. The fourth-order valence-corrected chi connectivity index (χ4v) is 10.4. The number of hydrogen-bond acceptors (Lipinski definition) is 3. The van der Waals surface area contributed by atoms with Gasteiger partial charge in [-0.05, 0) is 125 Å². The van der Waals surface area contributed by atoms with E-state index in [1.54, 1.807) is 0 Å². The maximum absolute atomic E-state index is 10.5. The summed E-state index contributed by atoms with van der Waals surface area (Å²) >= 11 is 0. The zero-order valence-corrected chi connectivity index (χ0v) is 32.9. The topological polar surface area (TPSA) is 34.6 Å². The number of nitrogens with zero attached hydrogens (tertiary/aromatic N) is 4. The van der Waals surface area contributed by atoms with Gasteiger partial charge in [0.2, 0.25) is 5.69 Å². The molecule has 2 aliphatic rings. The molecule has 0 unspecified atom stereocenters. The summed E-state index contributed by atoms with van der Waals surface area (Å²) in [6.45, 7) is 8.27. The van der Waals surface area contributed by atoms with E-state index in [-0.39, 0.29) is 0 Å². The minimum absolute atomic E-state index is 0.449. The predicted octanol–water partition coefficient (Wildman–Crippen LogP) is 16.0. The fourth-order valence-electron chi connectivity index (χ4n) is 10.4. The Morgan fingerprint density at radius 2 is 0.897 bits per heavy atom. The molecule has 2 aliphatic carbocycles. The van der Waals surface area contributed by atoms with Gasteiger partial charge in [-0.15, -0.1) is 0 Å². The highest BCUT2D eigenvalue weighted by Gasteiger charge is 2.30. The van der Waals surface area contributed by atoms with Gasteiger partial charge in [0.05, 0.1) is 34.9 Å². The van der Waals surface area contributed by atoms with E-state index in [1.807, 2.05) is 30.3 Å². The van der Waals surface area contributed by atoms with E-state index in [9.17, 15) is 5.26 Å². The van der Waals surface area contributed by atoms with Crippen molar-refractivity contribution in [1.82, 2.24) is 0 Å². The molecule has 4 nitrogen and oxygen atoms in total. The van der Waals surface area contributed by atoms with Crippen molar-refractivity contribution in [3.05, 3.63) is 174 Å². The quantitative estimate of drug-likeness (QED) is 0.115. The lowest BCUT2D eigenvalue weighted by Gasteiger charge is -2.33. The van der Waals surface area contributed by atoms with Crippen molar-refractivity contribution in [2.75, 3.05) is 9.80 Å². The second-order valence-corrected chi connectivity index (χ2v) is 16.3. The van der Waals surface area contributed by atoms with Crippen LogP contribution in [0.25, 0.3) is 37.2 Å². The van der Waals surface area contributed by atoms with Crippen LogP contribution in [-0.4, -0.2) is 0 Å². The first-order valence-electron chi connectivity index (χ1n) is 21.2. The van der Waals surface area contributed by atoms with E-state index in [0.29, 0.717) is 23.1 Å². The van der Waals surface area contributed by atoms with Crippen molar-refractivity contribution in [3.8, 4) is 6.07 Å². The van der Waals surface area contributed by atoms with Gasteiger partial charge in [0.15, 0.2) is 0 Å². The molecule has 58 heavy (non-hydrogen) atoms. The molecule has 0 aliphatic heterocycles. The third kappa shape index (κ3) is 6.12. The molecule has 0 atom stereocenters. The minimum atomic E-state index is 0.449. The number of anilines is 6. The van der Waals surface area contributed by atoms with Crippen molar-refractivity contribution in [2.45, 2.75) is 76.0 Å². The summed E-state index contributed by atoms with van der Waals surface area (Å²) in [5, 5.41) is 18.2. The molecule has 282 valence electrons. The van der Waals surface area contributed by atoms with Crippen LogP contribution in [0.3, 0.4) is 0 Å². The van der Waals surface area contributed by atoms with Crippen LogP contribution >= 0.6 is 0 Å². The largest absolute Gasteiger partial charge is 0.320 e. The molecule has 0 radical (unpaired) electrons. The molecule has 0 bridgehead atoms. The van der Waals surface area contributed by atoms with Gasteiger partial charge in [0, 0.05) is 22.1 Å². The van der Waals surface area contributed by atoms with Crippen LogP contribution in [0.2, 0.25) is 0 Å². The lowest BCUT2D eigenvalue weighted by atomic mass is 9.77. The molecule has 0 N–H and O–H groups in total. The van der Waals surface area contributed by atoms with E-state index in [2.05, 4.69) is 136 Å². The predicted molar refractivity (Wildman–Crippen MR) is 242 cm³/mol. The summed E-state index contributed by atoms with van der Waals surface area (Å²) in [6, 6.07) is 54.3. The Bertz CT molecular complexity index is 2640. The maximum atomic E-state index is 10.5. The molecule has 8 aromatic rings. The van der Waals surface area contributed by atoms with Crippen LogP contribution < -0.4 is 9.80 Å². The second-order valence-electron chi connectivity index (χ2n) is 16.3. The van der Waals surface area contributed by atoms with Crippen LogP contribution in [0, 0.1) is 17.9 Å². The van der Waals surface area contributed by atoms with Gasteiger partial charge in [-0.25, -0.2) is 4.85 Å². The lowest BCUT2D eigenvalue weighted by Crippen LogP contribution is -2.15. The molecule has 0 aromatic heterocycles. The monoisotopic (exact) mass is 750 g/mol. The van der Waals surface area contributed by atoms with E-state index in [1.165, 1.54) is 108 Å². The number of para-hydroxylation sites is 5. The first-order chi connectivity index (χ1) is 28.7. The van der Waals surface area contributed by atoms with E-state index in [4.69, 9.17) is 6.57 Å². The Labute approximate surface area is 341 Å². The van der Waals surface area contributed by atoms with Gasteiger partial charge in [-0.3, -0.25) is 0 Å². The third-order valence-corrected chi connectivity index (χ3v) is 13.0. The van der Waals surface area contributed by atoms with Crippen LogP contribution in [-0.2, 0) is 0 Å². The van der Waals surface area contributed by atoms with Gasteiger partial charge in [-0.2, -0.15) is 5.26 Å². The summed E-state index contributed by atoms with van der Waals surface area (Å²) in [5.41, 5.74) is 10.2. The van der Waals surface area contributed by atoms with Crippen molar-refractivity contribution in [1.29, 1.82) is 5.26 Å². The van der Waals surface area contributed by atoms with Gasteiger partial charge in [-0.1, -0.05) is 130 Å². The number of hydrogen-bond donors (Lipinski definition) is 0. The summed E-state index contributed by atoms with van der Waals surface area (Å²) in [5.74, 6) is 0.899. The molecule has 0 spiro atoms. The van der Waals surface area contributed by atoms with Crippen molar-refractivity contribution >= 4 is 72.1 Å². The molecule has 8 aromatic carbocycles. The molecular formula is C54H46N4. The Hall–Kier alpha value is -6.62. The Morgan fingerprint density at radius 1 is 0.466 bits per heavy atom. The summed E-state index contributed by atoms with van der Waals surface area (Å²) < 4.78 is 0. The van der Waals surface area contributed by atoms with E-state index in [0.717, 1.165) is 34.1 Å². The second kappa shape index (κ2) is 15.4. The normalized spacial score (nSPS) is 15.1. The Kier molecular flexibility index (Phi) is 9.48. The van der Waals surface area contributed by atoms with E-state index >= 15 is 0 Å². The van der Waals surface area contributed by atoms with Crippen LogP contribution in [0.15, 0.2) is 146 Å². The van der Waals surface area contributed by atoms with E-state index < -0.39 is 0 Å². The lowest BCUT2D eigenvalue weighted by molar-refractivity contribution is 0.445. The molecule has 0 amide bonds. The molecule has 2 saturated carbocycles. The summed E-state index contributed by atoms with van der Waals surface area (Å²) in [4.78, 5) is 8.74. The smallest absolute Gasteiger partial charge is 0.210 e. The number of nitriles is 1. The highest BCUT2D eigenvalue weighted by molar-refractivity contribution is 6.29. The molecule has 2 fully saturated rings. The highest BCUT2D eigenvalue weighted by atomic mass is 15.2. The fraction of sp³-hybridized carbons (Fsp3) is 0.222. The molecule has 10 rings (SSSR count). The Balaban J connectivity index is 1.36. The zero-order chi connectivity index (χ0) is 39.0. The molecule has 4 heteroatoms. The first kappa shape index (κ1) is 35.8. The van der Waals surface area contributed by atoms with Crippen molar-refractivity contribution < 1.29 is 0 Å². The maximum Gasteiger partial charge on any atom is 0.210 e. The average Bonchev–Trinajstić information content (AvgIpc) is 3.30. The third-order valence-electron chi connectivity index (χ3n) is 13.0. The SMILES string of the molecule is [C-]#[N+]c1ccccc1N(c1ccccc1)c1cc(C2CCCCC2)c2ccc3c(N(c4ccccc4)c4ccccc4C#N)cc(C4CCCCC4)c4ccc1c2c43. The number of benzene rings is 8. The molecular weight excluding hydrogens is 705 g/mol. The first-order valence-corrected chi connectivity index (χ1v) is 21.2. The Morgan fingerprint density at radius 3 is 1.40 bits per heavy atom. The summed E-state index contributed by atoms with van der Waals surface area (Å²) in [7, 11) is 0. The highest BCUT2D eigenvalue weighted by Crippen LogP contribution is 2.53. The van der Waals surface area contributed by atoms with Gasteiger partial charge < -0.3 is 9.80 Å². The standard InChI is InChI=1S/C54H46N4/c1-56-48-27-15-17-29-50(48)58(41-25-12-5-13-26-41)52-35-47(38-20-8-3-9-21-38)43-30-32-44-51(57(40-23-10-4-11-24-40)49-28-16-14-22-39(49)36-55)34-46(37-18-6-2-7-19-37)42-31-33-45(52)54(43)53(42)44/h4-5,10-17,22-35,37-38H,2-3,6-9,18-21H2. The van der Waals surface area contributed by atoms with Gasteiger partial charge in [0.1, 0.15) is 6.07 Å². The van der Waals surface area contributed by atoms with Gasteiger partial charge >= 0.3 is 0 Å². The van der Waals surface area contributed by atoms with Crippen molar-refractivity contribution in [3.63, 3.8) is 0 Å². The average molecular weight is 751 g/mol. The molecule has 0 heterocycles. The van der Waals surface area contributed by atoms with Crippen LogP contribution in [0.5, 0.6) is 0 Å². The minimum Gasteiger partial charge on any atom is -0.320 e. The van der Waals surface area contributed by atoms with Crippen LogP contribution in [0.1, 0.15) is 92.7 Å².